The molecule has 0 saturated carbocycles. The lowest BCUT2D eigenvalue weighted by Gasteiger charge is -2.06. The van der Waals surface area contributed by atoms with Gasteiger partial charge in [0.15, 0.2) is 0 Å². The number of carbonyl (C=O) groups excluding carboxylic acids is 1. The van der Waals surface area contributed by atoms with Crippen molar-refractivity contribution in [1.29, 1.82) is 0 Å². The Balaban J connectivity index is 1.57. The van der Waals surface area contributed by atoms with Gasteiger partial charge < -0.3 is 9.84 Å². The number of aryl methyl sites for hydroxylation is 3. The molecule has 0 radical (unpaired) electrons. The van der Waals surface area contributed by atoms with Gasteiger partial charge >= 0.3 is 0 Å². The Morgan fingerprint density at radius 2 is 1.81 bits per heavy atom. The van der Waals surface area contributed by atoms with Crippen LogP contribution in [0.4, 0.5) is 5.69 Å². The molecule has 0 aliphatic heterocycles. The maximum Gasteiger partial charge on any atom is 0.227 e. The van der Waals surface area contributed by atoms with Crippen molar-refractivity contribution < 1.29 is 9.32 Å². The zero-order chi connectivity index (χ0) is 19.4. The van der Waals surface area contributed by atoms with Crippen LogP contribution in [0.3, 0.4) is 0 Å². The molecule has 140 valence electrons. The lowest BCUT2D eigenvalue weighted by Crippen LogP contribution is -2.12. The standard InChI is InChI=1S/C22H25N3O2/c1-14(2)17-6-8-18(9-7-17)22-24-21(27-25-22)12-11-20(26)23-19-10-5-15(3)16(4)13-19/h5-10,13-14H,11-12H2,1-4H3,(H,23,26). The van der Waals surface area contributed by atoms with Crippen molar-refractivity contribution in [3.8, 4) is 11.4 Å². The van der Waals surface area contributed by atoms with Gasteiger partial charge in [-0.15, -0.1) is 0 Å². The number of hydrogen-bond donors (Lipinski definition) is 1. The summed E-state index contributed by atoms with van der Waals surface area (Å²) in [6.07, 6.45) is 0.703. The smallest absolute Gasteiger partial charge is 0.227 e. The molecular weight excluding hydrogens is 338 g/mol. The first-order chi connectivity index (χ1) is 12.9. The lowest BCUT2D eigenvalue weighted by molar-refractivity contribution is -0.116. The first kappa shape index (κ1) is 18.8. The van der Waals surface area contributed by atoms with Gasteiger partial charge in [-0.2, -0.15) is 4.98 Å². The summed E-state index contributed by atoms with van der Waals surface area (Å²) >= 11 is 0. The lowest BCUT2D eigenvalue weighted by atomic mass is 10.0. The molecule has 5 nitrogen and oxygen atoms in total. The average Bonchev–Trinajstić information content (AvgIpc) is 3.12. The number of aromatic nitrogens is 2. The number of nitrogens with one attached hydrogen (secondary N) is 1. The van der Waals surface area contributed by atoms with Gasteiger partial charge in [-0.05, 0) is 48.6 Å². The van der Waals surface area contributed by atoms with E-state index < -0.39 is 0 Å². The first-order valence-electron chi connectivity index (χ1n) is 9.22. The molecule has 0 saturated heterocycles. The monoisotopic (exact) mass is 363 g/mol. The third-order valence-electron chi connectivity index (χ3n) is 4.66. The molecule has 0 bridgehead atoms. The molecular formula is C22H25N3O2. The molecule has 1 aromatic heterocycles. The third kappa shape index (κ3) is 4.82. The summed E-state index contributed by atoms with van der Waals surface area (Å²) in [4.78, 5) is 16.6. The van der Waals surface area contributed by atoms with E-state index in [1.165, 1.54) is 11.1 Å². The molecule has 5 heteroatoms. The molecule has 27 heavy (non-hydrogen) atoms. The van der Waals surface area contributed by atoms with E-state index in [2.05, 4.69) is 41.4 Å². The molecule has 3 aromatic rings. The van der Waals surface area contributed by atoms with Crippen molar-refractivity contribution in [2.75, 3.05) is 5.32 Å². The van der Waals surface area contributed by atoms with Crippen LogP contribution in [0.2, 0.25) is 0 Å². The molecule has 0 spiro atoms. The number of hydrogen-bond acceptors (Lipinski definition) is 4. The minimum atomic E-state index is -0.0701. The number of carbonyl (C=O) groups is 1. The van der Waals surface area contributed by atoms with Crippen LogP contribution in [0.5, 0.6) is 0 Å². The molecule has 0 fully saturated rings. The van der Waals surface area contributed by atoms with Gasteiger partial charge in [0.2, 0.25) is 17.6 Å². The Morgan fingerprint density at radius 1 is 1.07 bits per heavy atom. The van der Waals surface area contributed by atoms with Crippen molar-refractivity contribution in [2.45, 2.75) is 46.5 Å². The zero-order valence-corrected chi connectivity index (χ0v) is 16.2. The van der Waals surface area contributed by atoms with Gasteiger partial charge in [-0.1, -0.05) is 49.3 Å². The second-order valence-electron chi connectivity index (χ2n) is 7.14. The van der Waals surface area contributed by atoms with Gasteiger partial charge in [0.05, 0.1) is 0 Å². The topological polar surface area (TPSA) is 68.0 Å². The molecule has 1 N–H and O–H groups in total. The second-order valence-corrected chi connectivity index (χ2v) is 7.14. The summed E-state index contributed by atoms with van der Waals surface area (Å²) in [6, 6.07) is 14.0. The van der Waals surface area contributed by atoms with Crippen LogP contribution in [0.1, 0.15) is 48.8 Å². The summed E-state index contributed by atoms with van der Waals surface area (Å²) in [6.45, 7) is 8.39. The Hall–Kier alpha value is -2.95. The van der Waals surface area contributed by atoms with Crippen LogP contribution in [0.15, 0.2) is 47.0 Å². The molecule has 0 unspecified atom stereocenters. The normalized spacial score (nSPS) is 11.0. The van der Waals surface area contributed by atoms with Gasteiger partial charge in [0.25, 0.3) is 0 Å². The van der Waals surface area contributed by atoms with Gasteiger partial charge in [0, 0.05) is 24.1 Å². The predicted molar refractivity (Wildman–Crippen MR) is 107 cm³/mol. The zero-order valence-electron chi connectivity index (χ0n) is 16.2. The van der Waals surface area contributed by atoms with E-state index >= 15 is 0 Å². The van der Waals surface area contributed by atoms with E-state index in [-0.39, 0.29) is 5.91 Å². The van der Waals surface area contributed by atoms with Crippen LogP contribution < -0.4 is 5.32 Å². The van der Waals surface area contributed by atoms with E-state index in [1.807, 2.05) is 44.2 Å². The fraction of sp³-hybridized carbons (Fsp3) is 0.318. The second kappa shape index (κ2) is 8.16. The van der Waals surface area contributed by atoms with Crippen LogP contribution in [0, 0.1) is 13.8 Å². The minimum absolute atomic E-state index is 0.0701. The first-order valence-corrected chi connectivity index (χ1v) is 9.22. The highest BCUT2D eigenvalue weighted by Gasteiger charge is 2.11. The van der Waals surface area contributed by atoms with Crippen molar-refractivity contribution >= 4 is 11.6 Å². The number of anilines is 1. The Labute approximate surface area is 159 Å². The van der Waals surface area contributed by atoms with Crippen LogP contribution in [-0.4, -0.2) is 16.0 Å². The maximum atomic E-state index is 12.2. The van der Waals surface area contributed by atoms with E-state index in [9.17, 15) is 4.79 Å². The predicted octanol–water partition coefficient (Wildman–Crippen LogP) is 5.05. The van der Waals surface area contributed by atoms with Crippen LogP contribution in [0.25, 0.3) is 11.4 Å². The van der Waals surface area contributed by atoms with Crippen LogP contribution in [-0.2, 0) is 11.2 Å². The number of benzene rings is 2. The summed E-state index contributed by atoms with van der Waals surface area (Å²) in [5.41, 5.74) is 5.34. The van der Waals surface area contributed by atoms with Crippen molar-refractivity contribution in [3.63, 3.8) is 0 Å². The molecule has 1 heterocycles. The van der Waals surface area contributed by atoms with E-state index in [1.54, 1.807) is 0 Å². The largest absolute Gasteiger partial charge is 0.339 e. The summed E-state index contributed by atoms with van der Waals surface area (Å²) < 4.78 is 5.29. The fourth-order valence-electron chi connectivity index (χ4n) is 2.75. The van der Waals surface area contributed by atoms with Gasteiger partial charge in [-0.3, -0.25) is 4.79 Å². The third-order valence-corrected chi connectivity index (χ3v) is 4.66. The number of nitrogens with zero attached hydrogens (tertiary/aromatic N) is 2. The number of amides is 1. The molecule has 1 amide bonds. The molecule has 0 aliphatic rings. The highest BCUT2D eigenvalue weighted by Crippen LogP contribution is 2.21. The van der Waals surface area contributed by atoms with Gasteiger partial charge in [0.1, 0.15) is 0 Å². The highest BCUT2D eigenvalue weighted by atomic mass is 16.5. The minimum Gasteiger partial charge on any atom is -0.339 e. The Morgan fingerprint density at radius 3 is 2.48 bits per heavy atom. The maximum absolute atomic E-state index is 12.2. The number of rotatable bonds is 6. The Bertz CT molecular complexity index is 927. The molecule has 0 aliphatic carbocycles. The Kier molecular flexibility index (Phi) is 5.69. The molecule has 0 atom stereocenters. The quantitative estimate of drug-likeness (QED) is 0.665. The van der Waals surface area contributed by atoms with Crippen molar-refractivity contribution in [2.24, 2.45) is 0 Å². The highest BCUT2D eigenvalue weighted by molar-refractivity contribution is 5.90. The molecule has 2 aromatic carbocycles. The van der Waals surface area contributed by atoms with E-state index in [4.69, 9.17) is 4.52 Å². The van der Waals surface area contributed by atoms with Gasteiger partial charge in [-0.25, -0.2) is 0 Å². The fourth-order valence-corrected chi connectivity index (χ4v) is 2.75. The van der Waals surface area contributed by atoms with Crippen molar-refractivity contribution in [3.05, 3.63) is 65.0 Å². The SMILES string of the molecule is Cc1ccc(NC(=O)CCc2nc(-c3ccc(C(C)C)cc3)no2)cc1C. The summed E-state index contributed by atoms with van der Waals surface area (Å²) in [5, 5.41) is 6.93. The summed E-state index contributed by atoms with van der Waals surface area (Å²) in [7, 11) is 0. The van der Waals surface area contributed by atoms with Crippen LogP contribution >= 0.6 is 0 Å². The molecule has 3 rings (SSSR count). The average molecular weight is 363 g/mol. The summed E-state index contributed by atoms with van der Waals surface area (Å²) in [5.74, 6) is 1.43. The van der Waals surface area contributed by atoms with Crippen molar-refractivity contribution in [1.82, 2.24) is 10.1 Å². The van der Waals surface area contributed by atoms with E-state index in [0.717, 1.165) is 16.8 Å². The van der Waals surface area contributed by atoms with E-state index in [0.29, 0.717) is 30.5 Å².